The van der Waals surface area contributed by atoms with E-state index in [9.17, 15) is 19.8 Å². The van der Waals surface area contributed by atoms with Crippen molar-refractivity contribution in [2.45, 2.75) is 199 Å². The molecule has 0 aliphatic carbocycles. The van der Waals surface area contributed by atoms with E-state index in [0.717, 1.165) is 0 Å². The summed E-state index contributed by atoms with van der Waals surface area (Å²) in [4.78, 5) is 31.2. The van der Waals surface area contributed by atoms with Crippen molar-refractivity contribution >= 4 is 18.2 Å². The zero-order chi connectivity index (χ0) is 45.5. The van der Waals surface area contributed by atoms with Crippen molar-refractivity contribution in [3.8, 4) is 0 Å². The van der Waals surface area contributed by atoms with Gasteiger partial charge in [0.05, 0.1) is 54.2 Å². The van der Waals surface area contributed by atoms with Crippen LogP contribution < -0.4 is 0 Å². The number of hydrogen-bond donors (Lipinski definition) is 3. The molecule has 3 heterocycles. The number of cyclic esters (lactones) is 1. The number of likely N-dealkylation sites (N-methyl/N-ethyl adjacent to an activating group) is 2. The smallest absolute Gasteiger partial charge is 0.311 e. The highest BCUT2D eigenvalue weighted by atomic mass is 16.7. The molecule has 0 amide bonds. The lowest BCUT2D eigenvalue weighted by atomic mass is 9.77. The summed E-state index contributed by atoms with van der Waals surface area (Å²) in [5.41, 5.74) is -4.03. The Bertz CT molecular complexity index is 1370. The molecular weight excluding hydrogens is 778 g/mol. The molecule has 0 aromatic heterocycles. The highest BCUT2D eigenvalue weighted by Crippen LogP contribution is 2.41. The maximum Gasteiger partial charge on any atom is 0.311 e. The van der Waals surface area contributed by atoms with Crippen LogP contribution in [0.3, 0.4) is 0 Å². The van der Waals surface area contributed by atoms with Crippen LogP contribution in [0.2, 0.25) is 0 Å². The largest absolute Gasteiger partial charge is 0.459 e. The molecule has 3 aliphatic rings. The van der Waals surface area contributed by atoms with Gasteiger partial charge in [-0.05, 0) is 101 Å². The van der Waals surface area contributed by atoms with E-state index in [0.29, 0.717) is 32.4 Å². The fourth-order valence-electron chi connectivity index (χ4n) is 10.0. The molecule has 0 bridgehead atoms. The maximum atomic E-state index is 14.6. The molecule has 3 saturated heterocycles. The average molecular weight is 860 g/mol. The standard InChI is InChI=1S/C44H81N3O13/c1-17-33-44(11,51)38(52-15)29(6)47(14)24-25(2)22-42(9,50)37(60-41-36(57-31(8)48)32(46(12)13)21-26(3)55-41)27(4)35(28(5)40(49)58-33)59-34-23-43(10,53-16)39(30(7)56-34)54-20-18-19-45/h19,25-30,32-39,41,45,50-51H,17-18,20-24H2,1-16H3/t25-,26-,27+,28-,29-,30+,32+,33-,34+,35+,36-,37-,38?,39?,41+,42-,43-,44-/m1/s1. The number of nitrogens with one attached hydrogen (secondary N) is 1. The van der Waals surface area contributed by atoms with E-state index in [4.69, 9.17) is 48.0 Å². The number of nitrogens with zero attached hydrogens (tertiary/aromatic N) is 2. The second kappa shape index (κ2) is 22.2. The normalized spacial score (nSPS) is 44.4. The first-order valence-corrected chi connectivity index (χ1v) is 21.9. The maximum absolute atomic E-state index is 14.6. The Balaban J connectivity index is 2.23. The minimum Gasteiger partial charge on any atom is -0.459 e. The Morgan fingerprint density at radius 2 is 1.63 bits per heavy atom. The number of aliphatic hydroxyl groups is 2. The molecule has 0 aromatic carbocycles. The van der Waals surface area contributed by atoms with Gasteiger partial charge in [-0.15, -0.1) is 0 Å². The van der Waals surface area contributed by atoms with Crippen molar-refractivity contribution in [3.05, 3.63) is 0 Å². The Hall–Kier alpha value is -1.83. The van der Waals surface area contributed by atoms with Gasteiger partial charge < -0.3 is 68.1 Å². The van der Waals surface area contributed by atoms with Gasteiger partial charge in [0, 0.05) is 52.5 Å². The van der Waals surface area contributed by atoms with Crippen LogP contribution in [0.5, 0.6) is 0 Å². The predicted octanol–water partition coefficient (Wildman–Crippen LogP) is 4.19. The summed E-state index contributed by atoms with van der Waals surface area (Å²) in [6, 6.07) is -0.580. The fraction of sp³-hybridized carbons (Fsp3) is 0.932. The topological polar surface area (TPSA) is 188 Å². The molecule has 16 nitrogen and oxygen atoms in total. The lowest BCUT2D eigenvalue weighted by Crippen LogP contribution is -2.61. The molecule has 18 atom stereocenters. The number of ether oxygens (including phenoxy) is 9. The third-order valence-corrected chi connectivity index (χ3v) is 13.2. The molecule has 0 spiro atoms. The van der Waals surface area contributed by atoms with Crippen molar-refractivity contribution in [1.82, 2.24) is 9.80 Å². The second-order valence-corrected chi connectivity index (χ2v) is 18.8. The molecule has 0 saturated carbocycles. The summed E-state index contributed by atoms with van der Waals surface area (Å²) in [6.07, 6.45) is -4.80. The van der Waals surface area contributed by atoms with Crippen molar-refractivity contribution in [2.24, 2.45) is 17.8 Å². The first kappa shape index (κ1) is 52.5. The van der Waals surface area contributed by atoms with Crippen LogP contribution >= 0.6 is 0 Å². The monoisotopic (exact) mass is 860 g/mol. The van der Waals surface area contributed by atoms with Gasteiger partial charge in [0.2, 0.25) is 0 Å². The number of esters is 2. The zero-order valence-electron chi connectivity index (χ0n) is 39.5. The Labute approximate surface area is 360 Å². The molecular formula is C44H81N3O13. The predicted molar refractivity (Wildman–Crippen MR) is 226 cm³/mol. The van der Waals surface area contributed by atoms with Crippen molar-refractivity contribution in [3.63, 3.8) is 0 Å². The van der Waals surface area contributed by atoms with Gasteiger partial charge in [0.1, 0.15) is 23.9 Å². The Morgan fingerprint density at radius 3 is 2.18 bits per heavy atom. The van der Waals surface area contributed by atoms with Crippen LogP contribution in [0, 0.1) is 23.2 Å². The summed E-state index contributed by atoms with van der Waals surface area (Å²) >= 11 is 0. The van der Waals surface area contributed by atoms with Crippen molar-refractivity contribution in [1.29, 1.82) is 5.41 Å². The molecule has 3 fully saturated rings. The summed E-state index contributed by atoms with van der Waals surface area (Å²) in [5, 5.41) is 32.4. The van der Waals surface area contributed by atoms with Crippen LogP contribution in [0.1, 0.15) is 108 Å². The number of carbonyl (C=O) groups excluding carboxylic acids is 2. The first-order chi connectivity index (χ1) is 27.9. The fourth-order valence-corrected chi connectivity index (χ4v) is 10.0. The Kier molecular flexibility index (Phi) is 19.4. The van der Waals surface area contributed by atoms with E-state index in [1.807, 2.05) is 74.5 Å². The van der Waals surface area contributed by atoms with Gasteiger partial charge >= 0.3 is 11.9 Å². The van der Waals surface area contributed by atoms with Crippen LogP contribution in [0.4, 0.5) is 0 Å². The van der Waals surface area contributed by atoms with Crippen LogP contribution in [-0.4, -0.2) is 177 Å². The second-order valence-electron chi connectivity index (χ2n) is 18.8. The van der Waals surface area contributed by atoms with E-state index >= 15 is 0 Å². The summed E-state index contributed by atoms with van der Waals surface area (Å²) in [7, 11) is 8.90. The molecule has 3 N–H and O–H groups in total. The molecule has 0 radical (unpaired) electrons. The molecule has 60 heavy (non-hydrogen) atoms. The first-order valence-electron chi connectivity index (χ1n) is 21.9. The van der Waals surface area contributed by atoms with E-state index in [-0.39, 0.29) is 36.9 Å². The van der Waals surface area contributed by atoms with Gasteiger partial charge in [-0.25, -0.2) is 0 Å². The summed E-state index contributed by atoms with van der Waals surface area (Å²) in [5.74, 6) is -2.99. The molecule has 0 aromatic rings. The molecule has 3 rings (SSSR count). The molecule has 16 heteroatoms. The van der Waals surface area contributed by atoms with E-state index in [1.165, 1.54) is 20.2 Å². The van der Waals surface area contributed by atoms with Gasteiger partial charge in [-0.1, -0.05) is 20.8 Å². The highest BCUT2D eigenvalue weighted by Gasteiger charge is 2.54. The average Bonchev–Trinajstić information content (AvgIpc) is 3.15. The number of carbonyl (C=O) groups is 2. The van der Waals surface area contributed by atoms with Crippen molar-refractivity contribution in [2.75, 3.05) is 48.5 Å². The van der Waals surface area contributed by atoms with E-state index in [2.05, 4.69) is 4.90 Å². The molecule has 2 unspecified atom stereocenters. The third-order valence-electron chi connectivity index (χ3n) is 13.2. The van der Waals surface area contributed by atoms with Crippen LogP contribution in [0.25, 0.3) is 0 Å². The van der Waals surface area contributed by atoms with Crippen molar-refractivity contribution < 1.29 is 62.4 Å². The lowest BCUT2D eigenvalue weighted by Gasteiger charge is -2.49. The highest BCUT2D eigenvalue weighted by molar-refractivity contribution is 5.73. The molecule has 350 valence electrons. The van der Waals surface area contributed by atoms with Gasteiger partial charge in [0.15, 0.2) is 18.7 Å². The lowest BCUT2D eigenvalue weighted by molar-refractivity contribution is -0.321. The summed E-state index contributed by atoms with van der Waals surface area (Å²) in [6.45, 7) is 20.7. The van der Waals surface area contributed by atoms with Crippen LogP contribution in [-0.2, 0) is 52.2 Å². The van der Waals surface area contributed by atoms with Gasteiger partial charge in [-0.2, -0.15) is 0 Å². The van der Waals surface area contributed by atoms with Gasteiger partial charge in [0.25, 0.3) is 0 Å². The number of methoxy groups -OCH3 is 2. The van der Waals surface area contributed by atoms with E-state index < -0.39 is 95.9 Å². The minimum atomic E-state index is -1.59. The molecule has 3 aliphatic heterocycles. The number of rotatable bonds is 13. The van der Waals surface area contributed by atoms with Crippen LogP contribution in [0.15, 0.2) is 0 Å². The SMILES string of the molecule is CC[C@H]1OC(=O)[C@H](C)[C@@H](O[C@H]2C[C@@](C)(OC)C(OCCC=N)[C@H](C)O2)[C@H](C)[C@@H](O[C@@H]2O[C@H](C)C[C@H](N(C)C)[C@H]2OC(C)=O)[C@](C)(O)C[C@@H](C)CN(C)[C@H](C)C(OC)[C@]1(C)O. The summed E-state index contributed by atoms with van der Waals surface area (Å²) < 4.78 is 57.2. The minimum absolute atomic E-state index is 0.116. The third kappa shape index (κ3) is 12.7. The Morgan fingerprint density at radius 1 is 0.983 bits per heavy atom. The van der Waals surface area contributed by atoms with E-state index in [1.54, 1.807) is 27.9 Å². The zero-order valence-corrected chi connectivity index (χ0v) is 39.5. The van der Waals surface area contributed by atoms with Gasteiger partial charge in [-0.3, -0.25) is 9.59 Å². The quantitative estimate of drug-likeness (QED) is 0.136. The number of hydrogen-bond acceptors (Lipinski definition) is 16.